The molecule has 0 aliphatic carbocycles. The van der Waals surface area contributed by atoms with Crippen LogP contribution in [0.1, 0.15) is 19.1 Å². The molecule has 2 atom stereocenters. The molecule has 7 nitrogen and oxygen atoms in total. The molecule has 0 saturated carbocycles. The first-order valence-electron chi connectivity index (χ1n) is 5.14. The molecule has 1 saturated heterocycles. The summed E-state index contributed by atoms with van der Waals surface area (Å²) >= 11 is 5.75. The minimum Gasteiger partial charge on any atom is -0.382 e. The lowest BCUT2D eigenvalue weighted by molar-refractivity contribution is -0.111. The molecule has 0 amide bonds. The van der Waals surface area contributed by atoms with Gasteiger partial charge in [-0.25, -0.2) is 4.98 Å². The van der Waals surface area contributed by atoms with Gasteiger partial charge in [-0.3, -0.25) is 4.57 Å². The van der Waals surface area contributed by atoms with Gasteiger partial charge in [0.1, 0.15) is 11.7 Å². The summed E-state index contributed by atoms with van der Waals surface area (Å²) in [6.07, 6.45) is 1.80. The molecule has 0 bridgehead atoms. The molecule has 1 aliphatic rings. The maximum absolute atomic E-state index is 9.34. The Balaban J connectivity index is 2.11. The lowest BCUT2D eigenvalue weighted by Crippen LogP contribution is -2.10. The number of rotatable bonds is 1. The van der Waals surface area contributed by atoms with E-state index in [4.69, 9.17) is 22.1 Å². The quantitative estimate of drug-likeness (QED) is 0.728. The number of aliphatic hydroxyl groups is 1. The summed E-state index contributed by atoms with van der Waals surface area (Å²) in [5.41, 5.74) is 6.70. The van der Waals surface area contributed by atoms with Crippen molar-refractivity contribution in [3.05, 3.63) is 11.6 Å². The smallest absolute Gasteiger partial charge is 0.226 e. The molecule has 8 heteroatoms. The molecular weight excluding hydrogens is 246 g/mol. The van der Waals surface area contributed by atoms with Crippen LogP contribution in [0.3, 0.4) is 0 Å². The van der Waals surface area contributed by atoms with E-state index in [0.29, 0.717) is 24.0 Å². The number of nitrogens with zero attached hydrogens (tertiary/aromatic N) is 4. The van der Waals surface area contributed by atoms with Crippen molar-refractivity contribution in [2.45, 2.75) is 25.4 Å². The fraction of sp³-hybridized carbons (Fsp3) is 0.444. The third kappa shape index (κ3) is 1.72. The highest BCUT2D eigenvalue weighted by molar-refractivity contribution is 6.28. The van der Waals surface area contributed by atoms with Crippen LogP contribution >= 0.6 is 11.6 Å². The molecule has 1 fully saturated rings. The van der Waals surface area contributed by atoms with E-state index in [1.807, 2.05) is 0 Å². The molecular formula is C9H10ClN5O2. The van der Waals surface area contributed by atoms with E-state index in [1.165, 1.54) is 0 Å². The van der Waals surface area contributed by atoms with Crippen LogP contribution in [0.2, 0.25) is 5.28 Å². The van der Waals surface area contributed by atoms with E-state index < -0.39 is 6.29 Å². The highest BCUT2D eigenvalue weighted by atomic mass is 35.5. The van der Waals surface area contributed by atoms with Crippen LogP contribution in [-0.2, 0) is 4.74 Å². The zero-order valence-corrected chi connectivity index (χ0v) is 9.50. The fourth-order valence-electron chi connectivity index (χ4n) is 1.93. The number of aromatic nitrogens is 4. The third-order valence-electron chi connectivity index (χ3n) is 2.71. The van der Waals surface area contributed by atoms with Crippen molar-refractivity contribution in [1.29, 1.82) is 0 Å². The number of ether oxygens (including phenoxy) is 1. The number of halogens is 1. The zero-order valence-electron chi connectivity index (χ0n) is 8.75. The van der Waals surface area contributed by atoms with Gasteiger partial charge in [-0.15, -0.1) is 0 Å². The minimum absolute atomic E-state index is 0.0651. The molecule has 2 aromatic heterocycles. The monoisotopic (exact) mass is 255 g/mol. The second-order valence-corrected chi connectivity index (χ2v) is 4.16. The summed E-state index contributed by atoms with van der Waals surface area (Å²) in [5, 5.41) is 9.41. The van der Waals surface area contributed by atoms with E-state index in [0.717, 1.165) is 0 Å². The van der Waals surface area contributed by atoms with Crippen LogP contribution in [0.25, 0.3) is 11.2 Å². The summed E-state index contributed by atoms with van der Waals surface area (Å²) < 4.78 is 7.03. The normalized spacial score (nSPS) is 24.6. The maximum Gasteiger partial charge on any atom is 0.226 e. The fourth-order valence-corrected chi connectivity index (χ4v) is 2.10. The van der Waals surface area contributed by atoms with E-state index in [-0.39, 0.29) is 17.3 Å². The molecule has 3 N–H and O–H groups in total. The number of hydrogen-bond acceptors (Lipinski definition) is 6. The highest BCUT2D eigenvalue weighted by Crippen LogP contribution is 2.30. The Morgan fingerprint density at radius 3 is 3.00 bits per heavy atom. The van der Waals surface area contributed by atoms with Crippen molar-refractivity contribution in [3.8, 4) is 0 Å². The minimum atomic E-state index is -0.743. The van der Waals surface area contributed by atoms with E-state index >= 15 is 0 Å². The zero-order chi connectivity index (χ0) is 12.0. The number of anilines is 1. The summed E-state index contributed by atoms with van der Waals surface area (Å²) in [4.78, 5) is 12.0. The molecule has 2 aromatic rings. The van der Waals surface area contributed by atoms with E-state index in [1.54, 1.807) is 10.9 Å². The molecule has 1 unspecified atom stereocenters. The lowest BCUT2D eigenvalue weighted by Gasteiger charge is -2.12. The van der Waals surface area contributed by atoms with Gasteiger partial charge in [0, 0.05) is 6.42 Å². The highest BCUT2D eigenvalue weighted by Gasteiger charge is 2.26. The van der Waals surface area contributed by atoms with Gasteiger partial charge in [0.2, 0.25) is 5.28 Å². The summed E-state index contributed by atoms with van der Waals surface area (Å²) in [5.74, 6) is 0.234. The Hall–Kier alpha value is -1.44. The number of fused-ring (bicyclic) bond motifs is 1. The Morgan fingerprint density at radius 1 is 1.47 bits per heavy atom. The molecule has 90 valence electrons. The van der Waals surface area contributed by atoms with Crippen LogP contribution in [-0.4, -0.2) is 30.9 Å². The van der Waals surface area contributed by atoms with Crippen molar-refractivity contribution >= 4 is 28.6 Å². The maximum atomic E-state index is 9.34. The van der Waals surface area contributed by atoms with Crippen LogP contribution in [0.5, 0.6) is 0 Å². The van der Waals surface area contributed by atoms with Crippen LogP contribution in [0.15, 0.2) is 6.33 Å². The van der Waals surface area contributed by atoms with E-state index in [9.17, 15) is 5.11 Å². The van der Waals surface area contributed by atoms with Gasteiger partial charge >= 0.3 is 0 Å². The molecule has 17 heavy (non-hydrogen) atoms. The van der Waals surface area contributed by atoms with Crippen molar-refractivity contribution in [3.63, 3.8) is 0 Å². The van der Waals surface area contributed by atoms with Crippen molar-refractivity contribution in [2.75, 3.05) is 5.73 Å². The molecule has 0 aromatic carbocycles. The standard InChI is InChI=1S/C9H10ClN5O2/c10-9-13-7(11)6-8(14-9)15(3-12-6)4-1-2-5(16)17-4/h3-5,16H,1-2H2,(H2,11,13,14)/t4?,5-/m0/s1. The first-order chi connectivity index (χ1) is 8.15. The summed E-state index contributed by atoms with van der Waals surface area (Å²) in [6.45, 7) is 0. The first-order valence-corrected chi connectivity index (χ1v) is 5.52. The van der Waals surface area contributed by atoms with Gasteiger partial charge in [-0.2, -0.15) is 9.97 Å². The van der Waals surface area contributed by atoms with Crippen molar-refractivity contribution in [1.82, 2.24) is 19.5 Å². The molecule has 0 radical (unpaired) electrons. The number of hydrogen-bond donors (Lipinski definition) is 2. The predicted octanol–water partition coefficient (Wildman–Crippen LogP) is 0.689. The number of nitrogens with two attached hydrogens (primary N) is 1. The van der Waals surface area contributed by atoms with Crippen molar-refractivity contribution < 1.29 is 9.84 Å². The second-order valence-electron chi connectivity index (χ2n) is 3.82. The molecule has 1 aliphatic heterocycles. The van der Waals surface area contributed by atoms with Crippen molar-refractivity contribution in [2.24, 2.45) is 0 Å². The number of aliphatic hydroxyl groups excluding tert-OH is 1. The van der Waals surface area contributed by atoms with Crippen LogP contribution < -0.4 is 5.73 Å². The first kappa shape index (κ1) is 10.7. The number of nitrogen functional groups attached to an aromatic ring is 1. The lowest BCUT2D eigenvalue weighted by atomic mass is 10.3. The predicted molar refractivity (Wildman–Crippen MR) is 60.1 cm³/mol. The van der Waals surface area contributed by atoms with Gasteiger partial charge in [-0.1, -0.05) is 0 Å². The Bertz CT molecular complexity index is 572. The van der Waals surface area contributed by atoms with E-state index in [2.05, 4.69) is 15.0 Å². The Kier molecular flexibility index (Phi) is 2.39. The third-order valence-corrected chi connectivity index (χ3v) is 2.88. The largest absolute Gasteiger partial charge is 0.382 e. The van der Waals surface area contributed by atoms with Gasteiger partial charge in [0.15, 0.2) is 17.8 Å². The Morgan fingerprint density at radius 2 is 2.29 bits per heavy atom. The van der Waals surface area contributed by atoms with Gasteiger partial charge in [0.05, 0.1) is 6.33 Å². The van der Waals surface area contributed by atoms with Gasteiger partial charge in [0.25, 0.3) is 0 Å². The molecule has 3 heterocycles. The summed E-state index contributed by atoms with van der Waals surface area (Å²) in [7, 11) is 0. The average Bonchev–Trinajstić information content (AvgIpc) is 2.83. The van der Waals surface area contributed by atoms with Crippen LogP contribution in [0, 0.1) is 0 Å². The summed E-state index contributed by atoms with van der Waals surface area (Å²) in [6, 6.07) is 0. The molecule has 3 rings (SSSR count). The topological polar surface area (TPSA) is 99.1 Å². The SMILES string of the molecule is Nc1nc(Cl)nc2c1ncn2C1CC[C@@H](O)O1. The average molecular weight is 256 g/mol. The second kappa shape index (κ2) is 3.80. The Labute approximate surface area is 101 Å². The van der Waals surface area contributed by atoms with Gasteiger partial charge in [-0.05, 0) is 18.0 Å². The van der Waals surface area contributed by atoms with Gasteiger partial charge < -0.3 is 15.6 Å². The van der Waals surface area contributed by atoms with Crippen LogP contribution in [0.4, 0.5) is 5.82 Å². The number of imidazole rings is 1. The molecule has 0 spiro atoms.